The smallest absolute Gasteiger partial charge is 0.244 e. The van der Waals surface area contributed by atoms with E-state index in [0.29, 0.717) is 5.57 Å². The number of primary amides is 1. The molecule has 0 atom stereocenters. The van der Waals surface area contributed by atoms with Crippen LogP contribution in [0.2, 0.25) is 0 Å². The first kappa shape index (κ1) is 11.4. The van der Waals surface area contributed by atoms with E-state index in [1.807, 2.05) is 6.92 Å². The summed E-state index contributed by atoms with van der Waals surface area (Å²) in [5, 5.41) is 0. The summed E-state index contributed by atoms with van der Waals surface area (Å²) < 4.78 is 0. The van der Waals surface area contributed by atoms with Gasteiger partial charge in [0.1, 0.15) is 0 Å². The molecule has 0 aromatic heterocycles. The van der Waals surface area contributed by atoms with Gasteiger partial charge in [-0.1, -0.05) is 37.0 Å². The number of nitrogens with two attached hydrogens (primary N) is 1. The normalized spacial score (nSPS) is 12.5. The summed E-state index contributed by atoms with van der Waals surface area (Å²) >= 11 is 0. The summed E-state index contributed by atoms with van der Waals surface area (Å²) in [5.41, 5.74) is 7.38. The molecule has 70 valence electrons. The molecule has 13 heavy (non-hydrogen) atoms. The van der Waals surface area contributed by atoms with Gasteiger partial charge in [-0.15, -0.1) is 0 Å². The average Bonchev–Trinajstić information content (AvgIpc) is 2.04. The van der Waals surface area contributed by atoms with Crippen molar-refractivity contribution >= 4 is 5.91 Å². The summed E-state index contributed by atoms with van der Waals surface area (Å²) in [5.74, 6) is -0.415. The van der Waals surface area contributed by atoms with Gasteiger partial charge in [-0.2, -0.15) is 0 Å². The van der Waals surface area contributed by atoms with Crippen molar-refractivity contribution < 1.29 is 4.79 Å². The number of allylic oxidation sites excluding steroid dienone is 5. The van der Waals surface area contributed by atoms with Gasteiger partial charge in [-0.05, 0) is 19.4 Å². The van der Waals surface area contributed by atoms with Crippen LogP contribution in [-0.4, -0.2) is 5.91 Å². The maximum absolute atomic E-state index is 10.6. The SMILES string of the molecule is C=CC(=CC=C(C)C(N)=O)C(=C)C. The predicted molar refractivity (Wildman–Crippen MR) is 56.0 cm³/mol. The molecule has 2 nitrogen and oxygen atoms in total. The molecule has 0 heterocycles. The zero-order valence-corrected chi connectivity index (χ0v) is 8.13. The molecule has 0 saturated carbocycles. The van der Waals surface area contributed by atoms with Crippen LogP contribution < -0.4 is 5.73 Å². The number of carbonyl (C=O) groups is 1. The van der Waals surface area contributed by atoms with Gasteiger partial charge in [0.25, 0.3) is 0 Å². The van der Waals surface area contributed by atoms with Crippen molar-refractivity contribution in [2.75, 3.05) is 0 Å². The van der Waals surface area contributed by atoms with E-state index in [2.05, 4.69) is 13.2 Å². The van der Waals surface area contributed by atoms with Crippen LogP contribution in [0.5, 0.6) is 0 Å². The lowest BCUT2D eigenvalue weighted by atomic mass is 10.1. The van der Waals surface area contributed by atoms with Crippen LogP contribution in [0.25, 0.3) is 0 Å². The second kappa shape index (κ2) is 5.14. The third-order valence-corrected chi connectivity index (χ3v) is 1.61. The molecule has 0 fully saturated rings. The van der Waals surface area contributed by atoms with Crippen molar-refractivity contribution in [2.24, 2.45) is 5.73 Å². The molecule has 0 aliphatic rings. The Morgan fingerprint density at radius 3 is 2.15 bits per heavy atom. The van der Waals surface area contributed by atoms with E-state index in [4.69, 9.17) is 5.73 Å². The first-order valence-electron chi connectivity index (χ1n) is 3.95. The Kier molecular flexibility index (Phi) is 4.52. The fraction of sp³-hybridized carbons (Fsp3) is 0.182. The Labute approximate surface area is 79.1 Å². The minimum atomic E-state index is -0.415. The molecule has 2 N–H and O–H groups in total. The van der Waals surface area contributed by atoms with Crippen LogP contribution in [0.15, 0.2) is 48.1 Å². The van der Waals surface area contributed by atoms with Gasteiger partial charge in [0, 0.05) is 5.57 Å². The maximum Gasteiger partial charge on any atom is 0.244 e. The molecule has 0 spiro atoms. The Bertz CT molecular complexity index is 295. The zero-order valence-electron chi connectivity index (χ0n) is 8.13. The van der Waals surface area contributed by atoms with Crippen LogP contribution in [-0.2, 0) is 4.79 Å². The largest absolute Gasteiger partial charge is 0.366 e. The molecule has 0 aromatic rings. The molecule has 0 rings (SSSR count). The second-order valence-electron chi connectivity index (χ2n) is 2.82. The van der Waals surface area contributed by atoms with E-state index in [1.54, 1.807) is 25.2 Å². The maximum atomic E-state index is 10.6. The molecular formula is C11H15NO. The lowest BCUT2D eigenvalue weighted by Gasteiger charge is -1.97. The van der Waals surface area contributed by atoms with Crippen LogP contribution >= 0.6 is 0 Å². The minimum Gasteiger partial charge on any atom is -0.366 e. The number of hydrogen-bond acceptors (Lipinski definition) is 1. The van der Waals surface area contributed by atoms with Gasteiger partial charge in [0.15, 0.2) is 0 Å². The summed E-state index contributed by atoms with van der Waals surface area (Å²) in [4.78, 5) is 10.6. The highest BCUT2D eigenvalue weighted by Crippen LogP contribution is 2.08. The van der Waals surface area contributed by atoms with Crippen molar-refractivity contribution in [1.82, 2.24) is 0 Å². The van der Waals surface area contributed by atoms with E-state index in [-0.39, 0.29) is 0 Å². The van der Waals surface area contributed by atoms with Crippen LogP contribution in [0.3, 0.4) is 0 Å². The molecule has 2 heteroatoms. The van der Waals surface area contributed by atoms with E-state index in [1.165, 1.54) is 0 Å². The Balaban J connectivity index is 4.74. The highest BCUT2D eigenvalue weighted by molar-refractivity contribution is 5.91. The van der Waals surface area contributed by atoms with Crippen LogP contribution in [0.1, 0.15) is 13.8 Å². The molecule has 0 aliphatic carbocycles. The fourth-order valence-corrected chi connectivity index (χ4v) is 0.681. The molecule has 0 radical (unpaired) electrons. The van der Waals surface area contributed by atoms with Gasteiger partial charge in [0.05, 0.1) is 0 Å². The summed E-state index contributed by atoms with van der Waals surface area (Å²) in [6.45, 7) is 10.9. The van der Waals surface area contributed by atoms with Crippen LogP contribution in [0, 0.1) is 0 Å². The lowest BCUT2D eigenvalue weighted by Crippen LogP contribution is -2.11. The molecular weight excluding hydrogens is 162 g/mol. The number of amides is 1. The van der Waals surface area contributed by atoms with Crippen molar-refractivity contribution in [3.05, 3.63) is 48.1 Å². The van der Waals surface area contributed by atoms with Crippen molar-refractivity contribution in [3.63, 3.8) is 0 Å². The quantitative estimate of drug-likeness (QED) is 0.518. The second-order valence-corrected chi connectivity index (χ2v) is 2.82. The third kappa shape index (κ3) is 4.11. The summed E-state index contributed by atoms with van der Waals surface area (Å²) in [6, 6.07) is 0. The van der Waals surface area contributed by atoms with Crippen molar-refractivity contribution in [3.8, 4) is 0 Å². The first-order valence-corrected chi connectivity index (χ1v) is 3.95. The lowest BCUT2D eigenvalue weighted by molar-refractivity contribution is -0.114. The number of hydrogen-bond donors (Lipinski definition) is 1. The van der Waals surface area contributed by atoms with Crippen molar-refractivity contribution in [1.29, 1.82) is 0 Å². The standard InChI is InChI=1S/C11H15NO/c1-5-10(8(2)3)7-6-9(4)11(12)13/h5-7H,1-2H2,3-4H3,(H2,12,13). The van der Waals surface area contributed by atoms with E-state index in [9.17, 15) is 4.79 Å². The van der Waals surface area contributed by atoms with Gasteiger partial charge in [-0.25, -0.2) is 0 Å². The van der Waals surface area contributed by atoms with Crippen LogP contribution in [0.4, 0.5) is 0 Å². The van der Waals surface area contributed by atoms with Crippen molar-refractivity contribution in [2.45, 2.75) is 13.8 Å². The third-order valence-electron chi connectivity index (χ3n) is 1.61. The fourth-order valence-electron chi connectivity index (χ4n) is 0.681. The predicted octanol–water partition coefficient (Wildman–Crippen LogP) is 2.11. The number of carbonyl (C=O) groups excluding carboxylic acids is 1. The summed E-state index contributed by atoms with van der Waals surface area (Å²) in [6.07, 6.45) is 5.12. The van der Waals surface area contributed by atoms with Gasteiger partial charge in [-0.3, -0.25) is 4.79 Å². The average molecular weight is 177 g/mol. The Hall–Kier alpha value is -1.57. The Morgan fingerprint density at radius 2 is 1.85 bits per heavy atom. The topological polar surface area (TPSA) is 43.1 Å². The van der Waals surface area contributed by atoms with Gasteiger partial charge in [0.2, 0.25) is 5.91 Å². The van der Waals surface area contributed by atoms with Gasteiger partial charge < -0.3 is 5.73 Å². The summed E-state index contributed by atoms with van der Waals surface area (Å²) in [7, 11) is 0. The van der Waals surface area contributed by atoms with E-state index in [0.717, 1.165) is 11.1 Å². The van der Waals surface area contributed by atoms with E-state index < -0.39 is 5.91 Å². The number of rotatable bonds is 4. The van der Waals surface area contributed by atoms with E-state index >= 15 is 0 Å². The molecule has 0 saturated heterocycles. The molecule has 0 bridgehead atoms. The first-order chi connectivity index (χ1) is 5.99. The highest BCUT2D eigenvalue weighted by Gasteiger charge is 1.95. The molecule has 0 aromatic carbocycles. The molecule has 0 aliphatic heterocycles. The highest BCUT2D eigenvalue weighted by atomic mass is 16.1. The molecule has 0 unspecified atom stereocenters. The Morgan fingerprint density at radius 1 is 1.31 bits per heavy atom. The zero-order chi connectivity index (χ0) is 10.4. The molecule has 1 amide bonds. The minimum absolute atomic E-state index is 0.415. The van der Waals surface area contributed by atoms with Gasteiger partial charge >= 0.3 is 0 Å². The monoisotopic (exact) mass is 177 g/mol.